The van der Waals surface area contributed by atoms with Gasteiger partial charge in [-0.05, 0) is 31.0 Å². The topological polar surface area (TPSA) is 178 Å². The van der Waals surface area contributed by atoms with Crippen LogP contribution in [0, 0.1) is 0 Å². The summed E-state index contributed by atoms with van der Waals surface area (Å²) in [7, 11) is -7.42. The molecule has 3 rings (SSSR count). The molecule has 1 saturated heterocycles. The number of anilines is 3. The van der Waals surface area contributed by atoms with E-state index in [0.717, 1.165) is 31.4 Å². The highest BCUT2D eigenvalue weighted by Crippen LogP contribution is 2.27. The molecule has 1 aliphatic rings. The largest absolute Gasteiger partial charge is 0.365 e. The van der Waals surface area contributed by atoms with E-state index in [0.29, 0.717) is 19.0 Å². The molecule has 1 atom stereocenters. The fourth-order valence-electron chi connectivity index (χ4n) is 3.20. The Morgan fingerprint density at radius 2 is 1.74 bits per heavy atom. The quantitative estimate of drug-likeness (QED) is 0.524. The van der Waals surface area contributed by atoms with Crippen molar-refractivity contribution in [3.63, 3.8) is 0 Å². The number of nitrogens with one attached hydrogen (secondary N) is 1. The van der Waals surface area contributed by atoms with Gasteiger partial charge in [0.15, 0.2) is 19.7 Å². The number of amides is 1. The molecule has 2 aromatic rings. The standard InChI is InChI=1S/C18H24N6O5S2/c1-30(26,27)13-6-12(7-14(8-13)31(2,28)29)22-17-15(16(20)25)9-21-18(23-17)24-5-3-4-11(19)10-24/h6-9,11H,3-5,10,19H2,1-2H3,(H2,20,25)(H,21,22,23)/t11-/m0/s1. The lowest BCUT2D eigenvalue weighted by molar-refractivity contribution is 0.100. The number of primary amides is 1. The summed E-state index contributed by atoms with van der Waals surface area (Å²) in [6.07, 6.45) is 4.95. The van der Waals surface area contributed by atoms with Gasteiger partial charge in [-0.3, -0.25) is 4.79 Å². The van der Waals surface area contributed by atoms with Crippen molar-refractivity contribution in [2.24, 2.45) is 11.5 Å². The number of nitrogens with zero attached hydrogens (tertiary/aromatic N) is 3. The summed E-state index contributed by atoms with van der Waals surface area (Å²) in [4.78, 5) is 21.9. The van der Waals surface area contributed by atoms with Crippen LogP contribution in [0.3, 0.4) is 0 Å². The molecule has 0 saturated carbocycles. The Morgan fingerprint density at radius 3 is 2.26 bits per heavy atom. The predicted octanol–water partition coefficient (Wildman–Crippen LogP) is 0.0536. The second-order valence-electron chi connectivity index (χ2n) is 7.51. The Bertz CT molecular complexity index is 1180. The maximum atomic E-state index is 12.0. The van der Waals surface area contributed by atoms with Crippen molar-refractivity contribution in [2.75, 3.05) is 35.8 Å². The fourth-order valence-corrected chi connectivity index (χ4v) is 4.64. The summed E-state index contributed by atoms with van der Waals surface area (Å²) >= 11 is 0. The zero-order valence-electron chi connectivity index (χ0n) is 17.1. The van der Waals surface area contributed by atoms with Crippen LogP contribution in [0.1, 0.15) is 23.2 Å². The van der Waals surface area contributed by atoms with Gasteiger partial charge in [0, 0.05) is 43.5 Å². The van der Waals surface area contributed by atoms with Gasteiger partial charge in [-0.1, -0.05) is 0 Å². The molecule has 31 heavy (non-hydrogen) atoms. The van der Waals surface area contributed by atoms with Crippen LogP contribution >= 0.6 is 0 Å². The minimum absolute atomic E-state index is 0.0294. The number of sulfone groups is 2. The van der Waals surface area contributed by atoms with Crippen LogP contribution in [0.5, 0.6) is 0 Å². The summed E-state index contributed by atoms with van der Waals surface area (Å²) in [5, 5.41) is 2.83. The number of rotatable bonds is 6. The number of aromatic nitrogens is 2. The van der Waals surface area contributed by atoms with Gasteiger partial charge in [-0.15, -0.1) is 0 Å². The van der Waals surface area contributed by atoms with E-state index in [1.54, 1.807) is 0 Å². The highest BCUT2D eigenvalue weighted by Gasteiger charge is 2.22. The first-order valence-corrected chi connectivity index (χ1v) is 13.1. The molecule has 1 aromatic heterocycles. The average Bonchev–Trinajstić information content (AvgIpc) is 2.66. The van der Waals surface area contributed by atoms with Crippen molar-refractivity contribution in [2.45, 2.75) is 28.7 Å². The maximum Gasteiger partial charge on any atom is 0.254 e. The average molecular weight is 469 g/mol. The molecule has 1 aromatic carbocycles. The van der Waals surface area contributed by atoms with Crippen LogP contribution in [0.2, 0.25) is 0 Å². The summed E-state index contributed by atoms with van der Waals surface area (Å²) in [6, 6.07) is 3.56. The predicted molar refractivity (Wildman–Crippen MR) is 116 cm³/mol. The zero-order valence-corrected chi connectivity index (χ0v) is 18.7. The third-order valence-electron chi connectivity index (χ3n) is 4.78. The van der Waals surface area contributed by atoms with Gasteiger partial charge in [0.2, 0.25) is 5.95 Å². The van der Waals surface area contributed by atoms with Gasteiger partial charge in [-0.2, -0.15) is 4.98 Å². The van der Waals surface area contributed by atoms with Crippen LogP contribution in [0.4, 0.5) is 17.5 Å². The third kappa shape index (κ3) is 5.48. The normalized spacial score (nSPS) is 17.4. The summed E-state index contributed by atoms with van der Waals surface area (Å²) in [5.74, 6) is -0.445. The molecule has 1 amide bonds. The number of benzene rings is 1. The van der Waals surface area contributed by atoms with Crippen LogP contribution in [-0.2, 0) is 19.7 Å². The van der Waals surface area contributed by atoms with E-state index in [1.807, 2.05) is 4.90 Å². The number of piperidine rings is 1. The maximum absolute atomic E-state index is 12.0. The molecule has 0 unspecified atom stereocenters. The van der Waals surface area contributed by atoms with E-state index in [-0.39, 0.29) is 32.9 Å². The van der Waals surface area contributed by atoms with Crippen molar-refractivity contribution < 1.29 is 21.6 Å². The molecule has 168 valence electrons. The Morgan fingerprint density at radius 1 is 1.13 bits per heavy atom. The highest BCUT2D eigenvalue weighted by atomic mass is 32.2. The van der Waals surface area contributed by atoms with E-state index < -0.39 is 25.6 Å². The van der Waals surface area contributed by atoms with Crippen LogP contribution in [0.15, 0.2) is 34.2 Å². The van der Waals surface area contributed by atoms with E-state index in [9.17, 15) is 21.6 Å². The van der Waals surface area contributed by atoms with Gasteiger partial charge >= 0.3 is 0 Å². The number of carbonyl (C=O) groups is 1. The molecule has 0 bridgehead atoms. The van der Waals surface area contributed by atoms with Gasteiger partial charge in [0.05, 0.1) is 9.79 Å². The molecular formula is C18H24N6O5S2. The van der Waals surface area contributed by atoms with Crippen molar-refractivity contribution in [1.29, 1.82) is 0 Å². The van der Waals surface area contributed by atoms with Crippen molar-refractivity contribution in [3.8, 4) is 0 Å². The third-order valence-corrected chi connectivity index (χ3v) is 6.97. The number of hydrogen-bond acceptors (Lipinski definition) is 10. The number of hydrogen-bond donors (Lipinski definition) is 3. The summed E-state index contributed by atoms with van der Waals surface area (Å²) in [5.41, 5.74) is 11.5. The Kier molecular flexibility index (Phi) is 6.21. The van der Waals surface area contributed by atoms with E-state index in [2.05, 4.69) is 15.3 Å². The van der Waals surface area contributed by atoms with Gasteiger partial charge < -0.3 is 21.7 Å². The Labute approximate surface area is 180 Å². The Balaban J connectivity index is 2.08. The van der Waals surface area contributed by atoms with Gasteiger partial charge in [0.25, 0.3) is 5.91 Å². The van der Waals surface area contributed by atoms with E-state index in [4.69, 9.17) is 11.5 Å². The van der Waals surface area contributed by atoms with E-state index in [1.165, 1.54) is 18.3 Å². The first kappa shape index (κ1) is 22.9. The van der Waals surface area contributed by atoms with E-state index >= 15 is 0 Å². The lowest BCUT2D eigenvalue weighted by Gasteiger charge is -2.31. The lowest BCUT2D eigenvalue weighted by atomic mass is 10.1. The molecule has 5 N–H and O–H groups in total. The first-order chi connectivity index (χ1) is 14.3. The lowest BCUT2D eigenvalue weighted by Crippen LogP contribution is -2.43. The highest BCUT2D eigenvalue weighted by molar-refractivity contribution is 7.91. The molecule has 2 heterocycles. The molecule has 0 spiro atoms. The van der Waals surface area contributed by atoms with Gasteiger partial charge in [-0.25, -0.2) is 21.8 Å². The number of carbonyl (C=O) groups excluding carboxylic acids is 1. The smallest absolute Gasteiger partial charge is 0.254 e. The van der Waals surface area contributed by atoms with Gasteiger partial charge in [0.1, 0.15) is 11.4 Å². The molecule has 0 aliphatic carbocycles. The van der Waals surface area contributed by atoms with Crippen LogP contribution in [0.25, 0.3) is 0 Å². The molecule has 0 radical (unpaired) electrons. The van der Waals surface area contributed by atoms with Crippen LogP contribution in [-0.4, -0.2) is 64.4 Å². The molecule has 11 nitrogen and oxygen atoms in total. The SMILES string of the molecule is CS(=O)(=O)c1cc(Nc2nc(N3CCC[C@H](N)C3)ncc2C(N)=O)cc(S(C)(=O)=O)c1. The Hall–Kier alpha value is -2.77. The molecule has 1 aliphatic heterocycles. The second-order valence-corrected chi connectivity index (χ2v) is 11.5. The zero-order chi connectivity index (χ0) is 23.0. The molecular weight excluding hydrogens is 444 g/mol. The first-order valence-electron chi connectivity index (χ1n) is 9.34. The fraction of sp³-hybridized carbons (Fsp3) is 0.389. The van der Waals surface area contributed by atoms with Crippen molar-refractivity contribution in [1.82, 2.24) is 9.97 Å². The second kappa shape index (κ2) is 8.40. The molecule has 1 fully saturated rings. The van der Waals surface area contributed by atoms with Crippen molar-refractivity contribution in [3.05, 3.63) is 30.0 Å². The monoisotopic (exact) mass is 468 g/mol. The van der Waals surface area contributed by atoms with Crippen LogP contribution < -0.4 is 21.7 Å². The number of nitrogens with two attached hydrogens (primary N) is 2. The summed E-state index contributed by atoms with van der Waals surface area (Å²) in [6.45, 7) is 1.22. The van der Waals surface area contributed by atoms with Crippen molar-refractivity contribution >= 4 is 43.0 Å². The minimum atomic E-state index is -3.71. The molecule has 13 heteroatoms. The minimum Gasteiger partial charge on any atom is -0.365 e. The summed E-state index contributed by atoms with van der Waals surface area (Å²) < 4.78 is 48.2.